The molecule has 0 fully saturated rings. The monoisotopic (exact) mass is 980 g/mol. The number of hydrogen-bond acceptors (Lipinski definition) is 8. The summed E-state index contributed by atoms with van der Waals surface area (Å²) in [6.45, 7) is 4.83. The van der Waals surface area contributed by atoms with E-state index in [9.17, 15) is 19.5 Å². The summed E-state index contributed by atoms with van der Waals surface area (Å²) < 4.78 is 22.8. The topological polar surface area (TPSA) is 111 Å². The molecule has 9 nitrogen and oxygen atoms in total. The van der Waals surface area contributed by atoms with Gasteiger partial charge < -0.3 is 33.3 Å². The number of aliphatic carboxylic acids is 1. The lowest BCUT2D eigenvalue weighted by molar-refractivity contribution is -0.870. The van der Waals surface area contributed by atoms with E-state index in [1.165, 1.54) is 244 Å². The van der Waals surface area contributed by atoms with Crippen molar-refractivity contribution in [3.63, 3.8) is 0 Å². The van der Waals surface area contributed by atoms with Gasteiger partial charge in [-0.05, 0) is 12.8 Å². The zero-order valence-corrected chi connectivity index (χ0v) is 46.7. The number of quaternary nitrogens is 1. The first-order valence-corrected chi connectivity index (χ1v) is 30.2. The van der Waals surface area contributed by atoms with Crippen LogP contribution in [0.2, 0.25) is 0 Å². The average Bonchev–Trinajstić information content (AvgIpc) is 3.31. The number of carboxylic acids is 1. The van der Waals surface area contributed by atoms with Crippen molar-refractivity contribution >= 4 is 17.9 Å². The number of carbonyl (C=O) groups is 3. The van der Waals surface area contributed by atoms with Gasteiger partial charge in [0.25, 0.3) is 0 Å². The molecule has 0 heterocycles. The second-order valence-corrected chi connectivity index (χ2v) is 22.0. The van der Waals surface area contributed by atoms with Crippen molar-refractivity contribution in [3.8, 4) is 0 Å². The van der Waals surface area contributed by atoms with Crippen LogP contribution in [0.1, 0.15) is 309 Å². The quantitative estimate of drug-likeness (QED) is 0.0256. The molecule has 0 radical (unpaired) electrons. The van der Waals surface area contributed by atoms with Crippen LogP contribution in [0, 0.1) is 0 Å². The van der Waals surface area contributed by atoms with Gasteiger partial charge in [0, 0.05) is 12.8 Å². The predicted molar refractivity (Wildman–Crippen MR) is 288 cm³/mol. The van der Waals surface area contributed by atoms with Crippen molar-refractivity contribution in [1.82, 2.24) is 0 Å². The lowest BCUT2D eigenvalue weighted by Gasteiger charge is -2.26. The summed E-state index contributed by atoms with van der Waals surface area (Å²) in [5.74, 6) is -2.25. The lowest BCUT2D eigenvalue weighted by Crippen LogP contribution is -2.44. The largest absolute Gasteiger partial charge is 0.545 e. The first-order chi connectivity index (χ1) is 33.6. The number of carboxylic acid groups (broad SMARTS) is 1. The van der Waals surface area contributed by atoms with Gasteiger partial charge >= 0.3 is 11.9 Å². The number of esters is 2. The molecule has 0 N–H and O–H groups in total. The molecule has 2 atom stereocenters. The van der Waals surface area contributed by atoms with Gasteiger partial charge in [0.15, 0.2) is 12.4 Å². The summed E-state index contributed by atoms with van der Waals surface area (Å²) in [5, 5.41) is 11.8. The van der Waals surface area contributed by atoms with E-state index in [4.69, 9.17) is 18.9 Å². The minimum atomic E-state index is -1.61. The molecule has 0 saturated carbocycles. The Balaban J connectivity index is 4.16. The highest BCUT2D eigenvalue weighted by molar-refractivity contribution is 5.70. The maximum atomic E-state index is 12.9. The number of nitrogens with zero attached hydrogens (tertiary/aromatic N) is 1. The molecule has 9 heteroatoms. The van der Waals surface area contributed by atoms with Gasteiger partial charge in [0.1, 0.15) is 13.2 Å². The highest BCUT2D eigenvalue weighted by Gasteiger charge is 2.22. The minimum absolute atomic E-state index is 0.153. The van der Waals surface area contributed by atoms with E-state index in [1.54, 1.807) is 0 Å². The van der Waals surface area contributed by atoms with E-state index in [2.05, 4.69) is 13.8 Å². The van der Waals surface area contributed by atoms with Crippen molar-refractivity contribution in [1.29, 1.82) is 0 Å². The van der Waals surface area contributed by atoms with E-state index >= 15 is 0 Å². The smallest absolute Gasteiger partial charge is 0.306 e. The summed E-state index contributed by atoms with van der Waals surface area (Å²) in [6, 6.07) is 0. The zero-order chi connectivity index (χ0) is 50.6. The molecule has 2 unspecified atom stereocenters. The first kappa shape index (κ1) is 67.3. The third kappa shape index (κ3) is 53.9. The molecule has 0 bridgehead atoms. The Labute approximate surface area is 428 Å². The third-order valence-electron chi connectivity index (χ3n) is 13.9. The van der Waals surface area contributed by atoms with Crippen LogP contribution in [0.25, 0.3) is 0 Å². The number of likely N-dealkylation sites (N-methyl/N-ethyl adjacent to an activating group) is 1. The molecule has 0 aromatic carbocycles. The molecule has 0 aromatic heterocycles. The van der Waals surface area contributed by atoms with Crippen LogP contribution in [0.4, 0.5) is 0 Å². The van der Waals surface area contributed by atoms with Gasteiger partial charge in [-0.3, -0.25) is 9.59 Å². The molecule has 69 heavy (non-hydrogen) atoms. The van der Waals surface area contributed by atoms with Crippen molar-refractivity contribution in [2.45, 2.75) is 322 Å². The van der Waals surface area contributed by atoms with Crippen LogP contribution in [0.15, 0.2) is 0 Å². The summed E-state index contributed by atoms with van der Waals surface area (Å²) >= 11 is 0. The maximum Gasteiger partial charge on any atom is 0.306 e. The zero-order valence-electron chi connectivity index (χ0n) is 46.7. The molecule has 0 spiro atoms. The van der Waals surface area contributed by atoms with Crippen molar-refractivity contribution in [3.05, 3.63) is 0 Å². The molecule has 0 aromatic rings. The standard InChI is InChI=1S/C60H117NO8/c1-6-8-10-12-14-16-18-20-22-24-26-28-30-32-34-36-38-40-42-44-46-48-50-57(62)67-54-56(55-68-60(59(64)65)66-53-52-61(3,4)5)69-58(63)51-49-47-45-43-41-39-37-35-33-31-29-27-25-23-21-19-17-15-13-11-9-7-2/h56,60H,6-55H2,1-5H3. The molecule has 0 aliphatic heterocycles. The Morgan fingerprint density at radius 3 is 0.928 bits per heavy atom. The van der Waals surface area contributed by atoms with Gasteiger partial charge in [-0.15, -0.1) is 0 Å². The molecular weight excluding hydrogens is 863 g/mol. The fourth-order valence-electron chi connectivity index (χ4n) is 9.19. The van der Waals surface area contributed by atoms with Crippen LogP contribution >= 0.6 is 0 Å². The van der Waals surface area contributed by atoms with Crippen LogP contribution in [0.3, 0.4) is 0 Å². The minimum Gasteiger partial charge on any atom is -0.545 e. The SMILES string of the molecule is CCCCCCCCCCCCCCCCCCCCCCCCC(=O)OCC(COC(OCC[N+](C)(C)C)C(=O)[O-])OC(=O)CCCCCCCCCCCCCCCCCCCCCCCC. The number of ether oxygens (including phenoxy) is 4. The van der Waals surface area contributed by atoms with Crippen molar-refractivity contribution in [2.24, 2.45) is 0 Å². The van der Waals surface area contributed by atoms with Crippen LogP contribution in [-0.4, -0.2) is 82.3 Å². The second-order valence-electron chi connectivity index (χ2n) is 22.0. The van der Waals surface area contributed by atoms with E-state index in [-0.39, 0.29) is 32.2 Å². The average molecular weight is 981 g/mol. The normalized spacial score (nSPS) is 12.7. The van der Waals surface area contributed by atoms with Crippen LogP contribution in [0.5, 0.6) is 0 Å². The van der Waals surface area contributed by atoms with Gasteiger partial charge in [-0.25, -0.2) is 0 Å². The van der Waals surface area contributed by atoms with Crippen LogP contribution in [-0.2, 0) is 33.3 Å². The van der Waals surface area contributed by atoms with E-state index in [0.29, 0.717) is 17.4 Å². The van der Waals surface area contributed by atoms with E-state index < -0.39 is 24.3 Å². The summed E-state index contributed by atoms with van der Waals surface area (Å²) in [5.41, 5.74) is 0. The number of rotatable bonds is 57. The molecule has 410 valence electrons. The summed E-state index contributed by atoms with van der Waals surface area (Å²) in [7, 11) is 5.94. The van der Waals surface area contributed by atoms with E-state index in [0.717, 1.165) is 38.5 Å². The number of hydrogen-bond donors (Lipinski definition) is 0. The molecule has 0 amide bonds. The molecule has 0 aliphatic carbocycles. The Hall–Kier alpha value is -1.71. The lowest BCUT2D eigenvalue weighted by atomic mass is 10.0. The van der Waals surface area contributed by atoms with Gasteiger partial charge in [-0.2, -0.15) is 0 Å². The number of unbranched alkanes of at least 4 members (excludes halogenated alkanes) is 42. The molecule has 0 rings (SSSR count). The maximum absolute atomic E-state index is 12.9. The fraction of sp³-hybridized carbons (Fsp3) is 0.950. The van der Waals surface area contributed by atoms with E-state index in [1.807, 2.05) is 21.1 Å². The molecule has 0 saturated heterocycles. The summed E-state index contributed by atoms with van der Waals surface area (Å²) in [6.07, 6.45) is 55.8. The van der Waals surface area contributed by atoms with Gasteiger partial charge in [-0.1, -0.05) is 284 Å². The Morgan fingerprint density at radius 2 is 0.652 bits per heavy atom. The Morgan fingerprint density at radius 1 is 0.377 bits per heavy atom. The van der Waals surface area contributed by atoms with Gasteiger partial charge in [0.2, 0.25) is 0 Å². The van der Waals surface area contributed by atoms with Crippen molar-refractivity contribution < 1.29 is 42.9 Å². The molecular formula is C60H117NO8. The van der Waals surface area contributed by atoms with Gasteiger partial charge in [0.05, 0.1) is 40.3 Å². The van der Waals surface area contributed by atoms with Crippen molar-refractivity contribution in [2.75, 3.05) is 47.5 Å². The third-order valence-corrected chi connectivity index (χ3v) is 13.9. The number of carbonyl (C=O) groups excluding carboxylic acids is 3. The highest BCUT2D eigenvalue weighted by atomic mass is 16.7. The Kier molecular flexibility index (Phi) is 51.3. The fourth-order valence-corrected chi connectivity index (χ4v) is 9.19. The van der Waals surface area contributed by atoms with Crippen LogP contribution < -0.4 is 5.11 Å². The summed E-state index contributed by atoms with van der Waals surface area (Å²) in [4.78, 5) is 37.3. The first-order valence-electron chi connectivity index (χ1n) is 30.2. The Bertz CT molecular complexity index is 1100. The predicted octanol–water partition coefficient (Wildman–Crippen LogP) is 16.2. The molecule has 0 aliphatic rings. The highest BCUT2D eigenvalue weighted by Crippen LogP contribution is 2.18. The second kappa shape index (κ2) is 52.6.